The quantitative estimate of drug-likeness (QED) is 0.172. The van der Waals surface area contributed by atoms with Crippen molar-refractivity contribution in [2.75, 3.05) is 0 Å². The Morgan fingerprint density at radius 1 is 0.459 bits per heavy atom. The van der Waals surface area contributed by atoms with Gasteiger partial charge in [0.05, 0.1) is 16.2 Å². The Balaban J connectivity index is 0.000000152. The van der Waals surface area contributed by atoms with Crippen LogP contribution in [0.1, 0.15) is 0 Å². The molecule has 3 N–H and O–H groups in total. The molecule has 188 valence electrons. The number of rotatable bonds is 0. The molecule has 0 amide bonds. The Bertz CT molecular complexity index is 1660. The van der Waals surface area contributed by atoms with Gasteiger partial charge in [-0.25, -0.2) is 0 Å². The summed E-state index contributed by atoms with van der Waals surface area (Å²) in [7, 11) is 0. The molecule has 6 rings (SSSR count). The van der Waals surface area contributed by atoms with Crippen molar-refractivity contribution < 1.29 is 32.7 Å². The van der Waals surface area contributed by atoms with Crippen molar-refractivity contribution in [3.8, 4) is 0 Å². The number of hydrogen-bond acceptors (Lipinski definition) is 12. The average Bonchev–Trinajstić information content (AvgIpc) is 2.92. The maximum atomic E-state index is 11.1. The molecule has 0 unspecified atom stereocenters. The fraction of sp³-hybridized carbons (Fsp3) is 0. The molecular formula is C21H15FeN9O6. The van der Waals surface area contributed by atoms with Crippen molar-refractivity contribution in [1.29, 1.82) is 0 Å². The Hall–Kier alpha value is -5.21. The molecular weight excluding hydrogens is 530 g/mol. The second-order valence-corrected chi connectivity index (χ2v) is 6.90. The van der Waals surface area contributed by atoms with Crippen LogP contribution in [0.3, 0.4) is 0 Å². The summed E-state index contributed by atoms with van der Waals surface area (Å²) in [4.78, 5) is 34.1. The predicted octanol–water partition coefficient (Wildman–Crippen LogP) is 0.0839. The van der Waals surface area contributed by atoms with Crippen LogP contribution >= 0.6 is 0 Å². The first-order valence-electron chi connectivity index (χ1n) is 9.99. The minimum absolute atomic E-state index is 0. The summed E-state index contributed by atoms with van der Waals surface area (Å²) >= 11 is 0. The van der Waals surface area contributed by atoms with E-state index in [2.05, 4.69) is 30.9 Å². The van der Waals surface area contributed by atoms with Crippen LogP contribution in [0.5, 0.6) is 0 Å². The number of fused-ring (bicyclic) bond motifs is 3. The van der Waals surface area contributed by atoms with Crippen LogP contribution in [0.15, 0.2) is 87.2 Å². The minimum Gasteiger partial charge on any atom is -0.407 e. The number of aromatic nitrogens is 9. The first-order valence-corrected chi connectivity index (χ1v) is 9.99. The minimum atomic E-state index is -0.555. The van der Waals surface area contributed by atoms with E-state index in [0.717, 1.165) is 0 Å². The zero-order chi connectivity index (χ0) is 25.7. The topological polar surface area (TPSA) is 204 Å². The molecule has 0 aliphatic rings. The van der Waals surface area contributed by atoms with E-state index in [-0.39, 0.29) is 31.6 Å². The third-order valence-electron chi connectivity index (χ3n) is 4.66. The Labute approximate surface area is 214 Å². The SMILES string of the molecule is O=c1c2ccccc2nnn1O.O=c1c2ccccc2nnn1O.O=c1c2ccccc2nnn1O.[Fe]. The van der Waals surface area contributed by atoms with Gasteiger partial charge in [0.2, 0.25) is 0 Å². The first kappa shape index (κ1) is 26.4. The molecule has 3 heterocycles. The maximum absolute atomic E-state index is 11.1. The van der Waals surface area contributed by atoms with Gasteiger partial charge >= 0.3 is 16.7 Å². The molecule has 3 aromatic heterocycles. The molecule has 0 radical (unpaired) electrons. The van der Waals surface area contributed by atoms with Crippen molar-refractivity contribution in [1.82, 2.24) is 45.5 Å². The Kier molecular flexibility index (Phi) is 8.19. The van der Waals surface area contributed by atoms with Crippen LogP contribution in [-0.2, 0) is 17.1 Å². The van der Waals surface area contributed by atoms with Crippen LogP contribution in [-0.4, -0.2) is 61.1 Å². The molecule has 0 bridgehead atoms. The van der Waals surface area contributed by atoms with E-state index in [4.69, 9.17) is 15.6 Å². The summed E-state index contributed by atoms with van der Waals surface area (Å²) < 4.78 is 0. The fourth-order valence-electron chi connectivity index (χ4n) is 2.94. The molecule has 0 aliphatic carbocycles. The van der Waals surface area contributed by atoms with Gasteiger partial charge in [-0.05, 0) is 66.6 Å². The zero-order valence-electron chi connectivity index (χ0n) is 18.4. The zero-order valence-corrected chi connectivity index (χ0v) is 19.5. The second kappa shape index (κ2) is 11.5. The van der Waals surface area contributed by atoms with Gasteiger partial charge in [-0.1, -0.05) is 36.4 Å². The van der Waals surface area contributed by atoms with Gasteiger partial charge in [0.15, 0.2) is 0 Å². The fourth-order valence-corrected chi connectivity index (χ4v) is 2.94. The summed E-state index contributed by atoms with van der Waals surface area (Å²) in [6, 6.07) is 20.1. The van der Waals surface area contributed by atoms with Gasteiger partial charge in [-0.15, -0.1) is 15.3 Å². The van der Waals surface area contributed by atoms with Crippen LogP contribution in [0.2, 0.25) is 0 Å². The third-order valence-corrected chi connectivity index (χ3v) is 4.66. The molecule has 16 heteroatoms. The summed E-state index contributed by atoms with van der Waals surface area (Å²) in [5.74, 6) is 0. The Morgan fingerprint density at radius 3 is 0.973 bits per heavy atom. The van der Waals surface area contributed by atoms with E-state index in [0.29, 0.717) is 32.7 Å². The van der Waals surface area contributed by atoms with Crippen LogP contribution in [0.25, 0.3) is 32.7 Å². The molecule has 0 spiro atoms. The summed E-state index contributed by atoms with van der Waals surface area (Å²) in [5.41, 5.74) is -0.227. The standard InChI is InChI=1S/3C7H5N3O2.Fe/c3*11-7-5-3-1-2-4-6(5)8-9-10(7)12;/h3*1-4,12H;. The maximum Gasteiger partial charge on any atom is 0.314 e. The summed E-state index contributed by atoms with van der Waals surface area (Å²) in [6.07, 6.45) is 0. The molecule has 37 heavy (non-hydrogen) atoms. The van der Waals surface area contributed by atoms with Crippen molar-refractivity contribution in [2.45, 2.75) is 0 Å². The van der Waals surface area contributed by atoms with Crippen molar-refractivity contribution in [3.05, 3.63) is 104 Å². The van der Waals surface area contributed by atoms with Gasteiger partial charge in [0.1, 0.15) is 16.6 Å². The predicted molar refractivity (Wildman–Crippen MR) is 123 cm³/mol. The van der Waals surface area contributed by atoms with E-state index >= 15 is 0 Å². The van der Waals surface area contributed by atoms with Crippen molar-refractivity contribution in [2.24, 2.45) is 0 Å². The molecule has 0 saturated heterocycles. The Morgan fingerprint density at radius 2 is 0.703 bits per heavy atom. The van der Waals surface area contributed by atoms with Gasteiger partial charge in [0.25, 0.3) is 0 Å². The largest absolute Gasteiger partial charge is 0.407 e. The molecule has 0 atom stereocenters. The van der Waals surface area contributed by atoms with E-state index in [1.165, 1.54) is 0 Å². The van der Waals surface area contributed by atoms with Crippen LogP contribution < -0.4 is 16.7 Å². The van der Waals surface area contributed by atoms with E-state index < -0.39 is 16.7 Å². The molecule has 15 nitrogen and oxygen atoms in total. The number of benzene rings is 3. The smallest absolute Gasteiger partial charge is 0.314 e. The van der Waals surface area contributed by atoms with E-state index in [1.54, 1.807) is 72.8 Å². The van der Waals surface area contributed by atoms with Crippen molar-refractivity contribution in [3.63, 3.8) is 0 Å². The van der Waals surface area contributed by atoms with E-state index in [1.807, 2.05) is 0 Å². The monoisotopic (exact) mass is 545 g/mol. The van der Waals surface area contributed by atoms with Crippen LogP contribution in [0, 0.1) is 0 Å². The molecule has 0 aliphatic heterocycles. The van der Waals surface area contributed by atoms with Gasteiger partial charge < -0.3 is 15.6 Å². The molecule has 0 saturated carbocycles. The summed E-state index contributed by atoms with van der Waals surface area (Å²) in [6.45, 7) is 0. The summed E-state index contributed by atoms with van der Waals surface area (Å²) in [5, 5.41) is 48.1. The second-order valence-electron chi connectivity index (χ2n) is 6.90. The number of nitrogens with zero attached hydrogens (tertiary/aromatic N) is 9. The third kappa shape index (κ3) is 5.72. The molecule has 0 fully saturated rings. The average molecular weight is 545 g/mol. The number of hydrogen-bond donors (Lipinski definition) is 3. The van der Waals surface area contributed by atoms with Gasteiger partial charge in [-0.3, -0.25) is 14.4 Å². The first-order chi connectivity index (χ1) is 17.4. The van der Waals surface area contributed by atoms with Crippen molar-refractivity contribution >= 4 is 32.7 Å². The molecule has 3 aromatic carbocycles. The van der Waals surface area contributed by atoms with Gasteiger partial charge in [0, 0.05) is 17.1 Å². The molecule has 6 aromatic rings. The van der Waals surface area contributed by atoms with Gasteiger partial charge in [-0.2, -0.15) is 0 Å². The normalized spacial score (nSPS) is 10.1. The van der Waals surface area contributed by atoms with Crippen LogP contribution in [0.4, 0.5) is 0 Å². The van der Waals surface area contributed by atoms with E-state index in [9.17, 15) is 14.4 Å².